The number of aryl methyl sites for hydroxylation is 2. The molecule has 4 rings (SSSR count). The smallest absolute Gasteiger partial charge is 0.332 e. The normalized spacial score (nSPS) is 16.0. The Morgan fingerprint density at radius 3 is 2.71 bits per heavy atom. The Kier molecular flexibility index (Phi) is 5.62. The fourth-order valence-corrected chi connectivity index (χ4v) is 4.22. The minimum atomic E-state index is -0.389. The molecule has 1 aliphatic heterocycles. The molecule has 1 aromatic carbocycles. The highest BCUT2D eigenvalue weighted by Crippen LogP contribution is 2.38. The van der Waals surface area contributed by atoms with Crippen LogP contribution >= 0.6 is 0 Å². The van der Waals surface area contributed by atoms with Gasteiger partial charge in [-0.1, -0.05) is 13.0 Å². The zero-order valence-electron chi connectivity index (χ0n) is 18.7. The molecule has 3 aromatic rings. The molecule has 0 unspecified atom stereocenters. The largest absolute Gasteiger partial charge is 0.495 e. The molecule has 31 heavy (non-hydrogen) atoms. The number of ether oxygens (including phenoxy) is 2. The van der Waals surface area contributed by atoms with E-state index in [0.717, 1.165) is 23.5 Å². The Morgan fingerprint density at radius 1 is 1.23 bits per heavy atom. The molecule has 0 N–H and O–H groups in total. The summed E-state index contributed by atoms with van der Waals surface area (Å²) in [6.07, 6.45) is 0. The van der Waals surface area contributed by atoms with E-state index in [1.54, 1.807) is 14.2 Å². The number of anilines is 2. The van der Waals surface area contributed by atoms with Gasteiger partial charge in [0.25, 0.3) is 5.56 Å². The summed E-state index contributed by atoms with van der Waals surface area (Å²) in [5.41, 5.74) is 2.11. The molecule has 3 heterocycles. The fraction of sp³-hybridized carbons (Fsp3) is 0.500. The predicted molar refractivity (Wildman–Crippen MR) is 120 cm³/mol. The van der Waals surface area contributed by atoms with Gasteiger partial charge in [0, 0.05) is 26.7 Å². The van der Waals surface area contributed by atoms with Gasteiger partial charge >= 0.3 is 5.69 Å². The van der Waals surface area contributed by atoms with Crippen molar-refractivity contribution in [3.05, 3.63) is 44.6 Å². The van der Waals surface area contributed by atoms with Crippen LogP contribution in [0.2, 0.25) is 0 Å². The Balaban J connectivity index is 1.95. The molecule has 9 nitrogen and oxygen atoms in total. The number of rotatable bonds is 6. The minimum absolute atomic E-state index is 0.209. The first-order valence-electron chi connectivity index (χ1n) is 10.6. The van der Waals surface area contributed by atoms with Crippen molar-refractivity contribution in [2.45, 2.75) is 33.9 Å². The Bertz CT molecular complexity index is 1240. The van der Waals surface area contributed by atoms with Gasteiger partial charge in [0.2, 0.25) is 5.95 Å². The van der Waals surface area contributed by atoms with E-state index in [2.05, 4.69) is 17.9 Å². The summed E-state index contributed by atoms with van der Waals surface area (Å²) in [4.78, 5) is 33.0. The second-order valence-electron chi connectivity index (χ2n) is 8.08. The molecule has 1 atom stereocenters. The van der Waals surface area contributed by atoms with E-state index in [0.29, 0.717) is 36.9 Å². The van der Waals surface area contributed by atoms with Crippen LogP contribution in [0.5, 0.6) is 5.75 Å². The van der Waals surface area contributed by atoms with Crippen molar-refractivity contribution in [2.24, 2.45) is 13.0 Å². The summed E-state index contributed by atoms with van der Waals surface area (Å²) < 4.78 is 15.6. The van der Waals surface area contributed by atoms with Crippen LogP contribution in [0.4, 0.5) is 11.6 Å². The standard InChI is InChI=1S/C22H29N5O4/c1-6-31-10-9-25-20(28)18-19(24(4)22(25)29)23-21-26(12-15(3)13-27(18)21)16-11-14(2)7-8-17(16)30-5/h7-8,11,15H,6,9-10,12-13H2,1-5H3/t15-/m1/s1. The minimum Gasteiger partial charge on any atom is -0.495 e. The second-order valence-corrected chi connectivity index (χ2v) is 8.08. The number of hydrogen-bond donors (Lipinski definition) is 0. The second kappa shape index (κ2) is 8.22. The lowest BCUT2D eigenvalue weighted by Crippen LogP contribution is -2.41. The summed E-state index contributed by atoms with van der Waals surface area (Å²) in [5, 5.41) is 0. The highest BCUT2D eigenvalue weighted by molar-refractivity contribution is 5.78. The molecule has 9 heteroatoms. The number of aromatic nitrogens is 4. The van der Waals surface area contributed by atoms with E-state index >= 15 is 0 Å². The number of benzene rings is 1. The van der Waals surface area contributed by atoms with Crippen LogP contribution in [-0.4, -0.2) is 45.6 Å². The van der Waals surface area contributed by atoms with E-state index in [-0.39, 0.29) is 23.7 Å². The number of imidazole rings is 1. The highest BCUT2D eigenvalue weighted by Gasteiger charge is 2.31. The summed E-state index contributed by atoms with van der Waals surface area (Å²) in [6, 6.07) is 5.99. The van der Waals surface area contributed by atoms with Crippen molar-refractivity contribution in [2.75, 3.05) is 31.8 Å². The van der Waals surface area contributed by atoms with E-state index in [1.165, 1.54) is 9.13 Å². The first-order chi connectivity index (χ1) is 14.9. The van der Waals surface area contributed by atoms with Crippen LogP contribution < -0.4 is 20.9 Å². The lowest BCUT2D eigenvalue weighted by atomic mass is 10.1. The third-order valence-corrected chi connectivity index (χ3v) is 5.73. The molecular formula is C22H29N5O4. The van der Waals surface area contributed by atoms with E-state index in [9.17, 15) is 9.59 Å². The molecule has 0 amide bonds. The van der Waals surface area contributed by atoms with Gasteiger partial charge in [0.15, 0.2) is 11.2 Å². The molecule has 0 fully saturated rings. The third kappa shape index (κ3) is 3.52. The summed E-state index contributed by atoms with van der Waals surface area (Å²) in [5.74, 6) is 1.65. The average molecular weight is 428 g/mol. The maximum Gasteiger partial charge on any atom is 0.332 e. The number of methoxy groups -OCH3 is 1. The first kappa shape index (κ1) is 21.2. The molecule has 166 valence electrons. The van der Waals surface area contributed by atoms with E-state index in [1.807, 2.05) is 30.5 Å². The summed E-state index contributed by atoms with van der Waals surface area (Å²) >= 11 is 0. The lowest BCUT2D eigenvalue weighted by Gasteiger charge is -2.33. The Labute approximate surface area is 180 Å². The molecule has 0 saturated heterocycles. The number of hydrogen-bond acceptors (Lipinski definition) is 6. The summed E-state index contributed by atoms with van der Waals surface area (Å²) in [6.45, 7) is 8.48. The molecule has 0 bridgehead atoms. The van der Waals surface area contributed by atoms with Crippen LogP contribution in [-0.2, 0) is 24.9 Å². The van der Waals surface area contributed by atoms with Crippen molar-refractivity contribution < 1.29 is 9.47 Å². The van der Waals surface area contributed by atoms with Crippen LogP contribution in [0, 0.1) is 12.8 Å². The maximum atomic E-state index is 13.3. The van der Waals surface area contributed by atoms with Crippen LogP contribution in [0.3, 0.4) is 0 Å². The molecule has 0 spiro atoms. The van der Waals surface area contributed by atoms with Crippen molar-refractivity contribution in [1.82, 2.24) is 18.7 Å². The monoisotopic (exact) mass is 427 g/mol. The average Bonchev–Trinajstić information content (AvgIpc) is 3.13. The Morgan fingerprint density at radius 2 is 2.00 bits per heavy atom. The van der Waals surface area contributed by atoms with Crippen molar-refractivity contribution >= 4 is 22.8 Å². The van der Waals surface area contributed by atoms with Gasteiger partial charge < -0.3 is 18.9 Å². The van der Waals surface area contributed by atoms with E-state index < -0.39 is 0 Å². The first-order valence-corrected chi connectivity index (χ1v) is 10.6. The quantitative estimate of drug-likeness (QED) is 0.560. The van der Waals surface area contributed by atoms with Crippen molar-refractivity contribution in [1.29, 1.82) is 0 Å². The van der Waals surface area contributed by atoms with Crippen molar-refractivity contribution in [3.63, 3.8) is 0 Å². The molecule has 0 aliphatic carbocycles. The van der Waals surface area contributed by atoms with Crippen LogP contribution in [0.15, 0.2) is 27.8 Å². The fourth-order valence-electron chi connectivity index (χ4n) is 4.22. The molecule has 0 radical (unpaired) electrons. The Hall–Kier alpha value is -3.07. The zero-order valence-corrected chi connectivity index (χ0v) is 18.7. The number of nitrogens with zero attached hydrogens (tertiary/aromatic N) is 5. The highest BCUT2D eigenvalue weighted by atomic mass is 16.5. The van der Waals surface area contributed by atoms with E-state index in [4.69, 9.17) is 14.5 Å². The molecule has 0 saturated carbocycles. The van der Waals surface area contributed by atoms with Gasteiger partial charge in [-0.3, -0.25) is 13.9 Å². The van der Waals surface area contributed by atoms with Gasteiger partial charge in [0.05, 0.1) is 25.9 Å². The molecule has 1 aliphatic rings. The van der Waals surface area contributed by atoms with Gasteiger partial charge in [-0.15, -0.1) is 0 Å². The maximum absolute atomic E-state index is 13.3. The molecule has 2 aromatic heterocycles. The topological polar surface area (TPSA) is 83.5 Å². The lowest BCUT2D eigenvalue weighted by molar-refractivity contribution is 0.137. The van der Waals surface area contributed by atoms with Crippen molar-refractivity contribution in [3.8, 4) is 5.75 Å². The SMILES string of the molecule is CCOCCn1c(=O)c2c(nc3n2C[C@H](C)CN3c2cc(C)ccc2OC)n(C)c1=O. The van der Waals surface area contributed by atoms with Gasteiger partial charge in [-0.2, -0.15) is 4.98 Å². The third-order valence-electron chi connectivity index (χ3n) is 5.73. The van der Waals surface area contributed by atoms with Crippen LogP contribution in [0.1, 0.15) is 19.4 Å². The molecular weight excluding hydrogens is 398 g/mol. The van der Waals surface area contributed by atoms with Gasteiger partial charge in [-0.05, 0) is 37.5 Å². The van der Waals surface area contributed by atoms with Crippen LogP contribution in [0.25, 0.3) is 11.2 Å². The zero-order chi connectivity index (χ0) is 22.3. The summed E-state index contributed by atoms with van der Waals surface area (Å²) in [7, 11) is 3.30. The van der Waals surface area contributed by atoms with Gasteiger partial charge in [-0.25, -0.2) is 4.79 Å². The number of fused-ring (bicyclic) bond motifs is 3. The predicted octanol–water partition coefficient (Wildman–Crippen LogP) is 2.04. The van der Waals surface area contributed by atoms with Gasteiger partial charge in [0.1, 0.15) is 5.75 Å².